The van der Waals surface area contributed by atoms with Crippen molar-refractivity contribution < 1.29 is 33.4 Å². The highest BCUT2D eigenvalue weighted by Crippen LogP contribution is 2.09. The highest BCUT2D eigenvalue weighted by molar-refractivity contribution is 5.95. The van der Waals surface area contributed by atoms with Gasteiger partial charge in [-0.3, -0.25) is 14.4 Å². The third-order valence-electron chi connectivity index (χ3n) is 4.98. The van der Waals surface area contributed by atoms with Crippen LogP contribution >= 0.6 is 0 Å². The molecule has 35 heavy (non-hydrogen) atoms. The molecule has 0 radical (unpaired) electrons. The molecule has 4 amide bonds. The van der Waals surface area contributed by atoms with Crippen molar-refractivity contribution in [2.24, 2.45) is 17.6 Å². The van der Waals surface area contributed by atoms with Crippen LogP contribution in [0.25, 0.3) is 0 Å². The Morgan fingerprint density at radius 1 is 0.886 bits per heavy atom. The first kappa shape index (κ1) is 29.4. The number of alkyl carbamates (subject to hydrolysis) is 1. The first-order valence-corrected chi connectivity index (χ1v) is 11.4. The normalized spacial score (nSPS) is 13.3. The maximum atomic E-state index is 12.9. The Hall–Kier alpha value is -3.63. The zero-order valence-corrected chi connectivity index (χ0v) is 20.8. The maximum absolute atomic E-state index is 12.9. The Balaban J connectivity index is 2.88. The largest absolute Gasteiger partial charge is 0.467 e. The van der Waals surface area contributed by atoms with E-state index in [0.717, 1.165) is 5.56 Å². The molecule has 0 aliphatic heterocycles. The number of nitrogens with one attached hydrogen (secondary N) is 3. The van der Waals surface area contributed by atoms with E-state index < -0.39 is 54.3 Å². The molecule has 0 aromatic heterocycles. The first-order chi connectivity index (χ1) is 16.4. The summed E-state index contributed by atoms with van der Waals surface area (Å²) in [5, 5.41) is 7.44. The van der Waals surface area contributed by atoms with Crippen molar-refractivity contribution in [3.8, 4) is 0 Å². The highest BCUT2D eigenvalue weighted by atomic mass is 16.5. The molecule has 194 valence electrons. The van der Waals surface area contributed by atoms with Gasteiger partial charge in [-0.15, -0.1) is 0 Å². The lowest BCUT2D eigenvalue weighted by atomic mass is 10.0. The Labute approximate surface area is 205 Å². The van der Waals surface area contributed by atoms with Crippen LogP contribution in [0.5, 0.6) is 0 Å². The summed E-state index contributed by atoms with van der Waals surface area (Å²) in [6.07, 6.45) is -1.03. The summed E-state index contributed by atoms with van der Waals surface area (Å²) >= 11 is 0. The van der Waals surface area contributed by atoms with Crippen LogP contribution in [0, 0.1) is 11.8 Å². The van der Waals surface area contributed by atoms with Crippen molar-refractivity contribution in [1.82, 2.24) is 16.0 Å². The van der Waals surface area contributed by atoms with E-state index in [1.54, 1.807) is 38.1 Å². The van der Waals surface area contributed by atoms with Crippen LogP contribution in [0.2, 0.25) is 0 Å². The minimum Gasteiger partial charge on any atom is -0.467 e. The van der Waals surface area contributed by atoms with Crippen LogP contribution in [0.15, 0.2) is 30.3 Å². The van der Waals surface area contributed by atoms with Gasteiger partial charge in [0, 0.05) is 0 Å². The fraction of sp³-hybridized carbons (Fsp3) is 0.542. The average Bonchev–Trinajstić information content (AvgIpc) is 2.79. The van der Waals surface area contributed by atoms with Crippen molar-refractivity contribution in [3.05, 3.63) is 35.9 Å². The van der Waals surface area contributed by atoms with E-state index in [4.69, 9.17) is 15.2 Å². The molecule has 0 unspecified atom stereocenters. The second kappa shape index (κ2) is 14.6. The predicted molar refractivity (Wildman–Crippen MR) is 128 cm³/mol. The molecule has 11 nitrogen and oxygen atoms in total. The van der Waals surface area contributed by atoms with Crippen LogP contribution in [0.4, 0.5) is 4.79 Å². The third-order valence-corrected chi connectivity index (χ3v) is 4.98. The Kier molecular flexibility index (Phi) is 12.3. The summed E-state index contributed by atoms with van der Waals surface area (Å²) in [7, 11) is 1.19. The van der Waals surface area contributed by atoms with E-state index in [9.17, 15) is 24.0 Å². The lowest BCUT2D eigenvalue weighted by molar-refractivity contribution is -0.146. The predicted octanol–water partition coefficient (Wildman–Crippen LogP) is 1.00. The third kappa shape index (κ3) is 10.9. The van der Waals surface area contributed by atoms with Gasteiger partial charge in [-0.2, -0.15) is 0 Å². The number of esters is 1. The maximum Gasteiger partial charge on any atom is 0.408 e. The van der Waals surface area contributed by atoms with Gasteiger partial charge < -0.3 is 31.2 Å². The second-order valence-electron chi connectivity index (χ2n) is 8.87. The summed E-state index contributed by atoms with van der Waals surface area (Å²) < 4.78 is 9.90. The molecule has 5 N–H and O–H groups in total. The number of carbonyl (C=O) groups excluding carboxylic acids is 5. The zero-order valence-electron chi connectivity index (χ0n) is 20.8. The Morgan fingerprint density at radius 3 is 2.00 bits per heavy atom. The van der Waals surface area contributed by atoms with Gasteiger partial charge in [-0.25, -0.2) is 9.59 Å². The fourth-order valence-electron chi connectivity index (χ4n) is 3.20. The van der Waals surface area contributed by atoms with E-state index in [1.165, 1.54) is 7.11 Å². The van der Waals surface area contributed by atoms with E-state index in [-0.39, 0.29) is 18.4 Å². The number of methoxy groups -OCH3 is 1. The van der Waals surface area contributed by atoms with Gasteiger partial charge in [0.15, 0.2) is 0 Å². The van der Waals surface area contributed by atoms with E-state index in [2.05, 4.69) is 16.0 Å². The van der Waals surface area contributed by atoms with Crippen molar-refractivity contribution in [1.29, 1.82) is 0 Å². The van der Waals surface area contributed by atoms with Crippen LogP contribution < -0.4 is 21.7 Å². The van der Waals surface area contributed by atoms with Gasteiger partial charge in [-0.1, -0.05) is 58.0 Å². The smallest absolute Gasteiger partial charge is 0.408 e. The van der Waals surface area contributed by atoms with Crippen LogP contribution in [0.3, 0.4) is 0 Å². The van der Waals surface area contributed by atoms with Gasteiger partial charge in [0.05, 0.1) is 13.5 Å². The quantitative estimate of drug-likeness (QED) is 0.298. The molecule has 0 fully saturated rings. The topological polar surface area (TPSA) is 166 Å². The van der Waals surface area contributed by atoms with Gasteiger partial charge in [0.1, 0.15) is 24.7 Å². The summed E-state index contributed by atoms with van der Waals surface area (Å²) in [5.74, 6) is -3.29. The molecule has 0 aliphatic carbocycles. The molecule has 0 saturated carbocycles. The summed E-state index contributed by atoms with van der Waals surface area (Å²) in [5.41, 5.74) is 6.04. The second-order valence-corrected chi connectivity index (χ2v) is 8.87. The monoisotopic (exact) mass is 492 g/mol. The molecule has 1 rings (SSSR count). The lowest BCUT2D eigenvalue weighted by Gasteiger charge is -2.26. The molecule has 0 saturated heterocycles. The van der Waals surface area contributed by atoms with Gasteiger partial charge >= 0.3 is 12.1 Å². The number of hydrogen-bond acceptors (Lipinski definition) is 7. The summed E-state index contributed by atoms with van der Waals surface area (Å²) in [4.78, 5) is 61.7. The molecule has 0 aliphatic rings. The van der Waals surface area contributed by atoms with Gasteiger partial charge in [0.2, 0.25) is 17.7 Å². The van der Waals surface area contributed by atoms with Crippen molar-refractivity contribution in [2.45, 2.75) is 65.3 Å². The van der Waals surface area contributed by atoms with E-state index >= 15 is 0 Å². The number of ether oxygens (including phenoxy) is 2. The van der Waals surface area contributed by atoms with Crippen LogP contribution in [-0.4, -0.2) is 55.0 Å². The molecule has 3 atom stereocenters. The number of benzene rings is 1. The van der Waals surface area contributed by atoms with Crippen LogP contribution in [0.1, 0.15) is 46.1 Å². The lowest BCUT2D eigenvalue weighted by Crippen LogP contribution is -2.57. The van der Waals surface area contributed by atoms with E-state index in [1.807, 2.05) is 19.9 Å². The number of amides is 4. The van der Waals surface area contributed by atoms with Crippen LogP contribution in [-0.2, 0) is 35.3 Å². The average molecular weight is 493 g/mol. The zero-order chi connectivity index (χ0) is 26.5. The number of carbonyl (C=O) groups is 5. The number of nitrogens with two attached hydrogens (primary N) is 1. The number of primary amides is 1. The first-order valence-electron chi connectivity index (χ1n) is 11.4. The molecular formula is C24H36N4O7. The SMILES string of the molecule is COC(=O)[C@@H](CC(C)C)NC(=O)[C@H](CC(N)=O)NC(=O)[C@H](NC(=O)OCc1ccccc1)C(C)C. The molecule has 1 aromatic carbocycles. The van der Waals surface area contributed by atoms with Crippen molar-refractivity contribution in [2.75, 3.05) is 7.11 Å². The number of rotatable bonds is 13. The molecular weight excluding hydrogens is 456 g/mol. The van der Waals surface area contributed by atoms with Crippen molar-refractivity contribution in [3.63, 3.8) is 0 Å². The van der Waals surface area contributed by atoms with Gasteiger partial charge in [0.25, 0.3) is 0 Å². The summed E-state index contributed by atoms with van der Waals surface area (Å²) in [6, 6.07) is 5.62. The Bertz CT molecular complexity index is 874. The summed E-state index contributed by atoms with van der Waals surface area (Å²) in [6.45, 7) is 7.12. The molecule has 11 heteroatoms. The minimum atomic E-state index is -1.36. The highest BCUT2D eigenvalue weighted by Gasteiger charge is 2.32. The minimum absolute atomic E-state index is 0.0105. The molecule has 0 bridgehead atoms. The molecule has 0 heterocycles. The Morgan fingerprint density at radius 2 is 1.49 bits per heavy atom. The molecule has 1 aromatic rings. The molecule has 0 spiro atoms. The standard InChI is InChI=1S/C24H36N4O7/c1-14(2)11-18(23(32)34-5)27-21(30)17(12-19(25)29)26-22(31)20(15(3)4)28-24(33)35-13-16-9-7-6-8-10-16/h6-10,14-15,17-18,20H,11-13H2,1-5H3,(H2,25,29)(H,26,31)(H,27,30)(H,28,33)/t17-,18+,20+/m0/s1. The van der Waals surface area contributed by atoms with Gasteiger partial charge in [-0.05, 0) is 23.8 Å². The van der Waals surface area contributed by atoms with E-state index in [0.29, 0.717) is 6.42 Å². The van der Waals surface area contributed by atoms with Crippen molar-refractivity contribution >= 4 is 29.8 Å². The fourth-order valence-corrected chi connectivity index (χ4v) is 3.20. The number of hydrogen-bond donors (Lipinski definition) is 4.